The molecule has 1 aromatic carbocycles. The zero-order valence-corrected chi connectivity index (χ0v) is 16.5. The highest BCUT2D eigenvalue weighted by Crippen LogP contribution is 2.25. The lowest BCUT2D eigenvalue weighted by atomic mass is 9.84. The van der Waals surface area contributed by atoms with Crippen LogP contribution in [0.4, 0.5) is 5.69 Å². The number of anilines is 1. The van der Waals surface area contributed by atoms with Gasteiger partial charge in [-0.05, 0) is 87.3 Å². The molecule has 0 radical (unpaired) electrons. The molecule has 3 rings (SSSR count). The predicted octanol–water partition coefficient (Wildman–Crippen LogP) is 3.88. The topological polar surface area (TPSA) is 44.4 Å². The summed E-state index contributed by atoms with van der Waals surface area (Å²) in [6, 6.07) is 8.41. The summed E-state index contributed by atoms with van der Waals surface area (Å²) in [6.45, 7) is 10.2. The van der Waals surface area contributed by atoms with E-state index in [1.165, 1.54) is 44.3 Å². The Hall–Kier alpha value is -1.39. The Morgan fingerprint density at radius 2 is 1.81 bits per heavy atom. The van der Waals surface area contributed by atoms with Crippen molar-refractivity contribution in [2.24, 2.45) is 17.8 Å². The molecule has 1 amide bonds. The lowest BCUT2D eigenvalue weighted by molar-refractivity contribution is -0.117. The average molecular weight is 358 g/mol. The van der Waals surface area contributed by atoms with Gasteiger partial charge in [-0.3, -0.25) is 9.69 Å². The van der Waals surface area contributed by atoms with Crippen LogP contribution in [0.1, 0.15) is 51.5 Å². The SMILES string of the molecule is CC1CCN(Cc2ccc(NC(=O)CC(C)C3CCNCC3)cc2)CC1. The van der Waals surface area contributed by atoms with Crippen LogP contribution in [0.3, 0.4) is 0 Å². The molecule has 0 bridgehead atoms. The summed E-state index contributed by atoms with van der Waals surface area (Å²) in [5, 5.41) is 6.48. The van der Waals surface area contributed by atoms with E-state index in [-0.39, 0.29) is 5.91 Å². The van der Waals surface area contributed by atoms with Crippen LogP contribution in [0.15, 0.2) is 24.3 Å². The van der Waals surface area contributed by atoms with Crippen LogP contribution in [-0.2, 0) is 11.3 Å². The molecule has 1 unspecified atom stereocenters. The third-order valence-electron chi connectivity index (χ3n) is 6.22. The third kappa shape index (κ3) is 5.82. The minimum absolute atomic E-state index is 0.147. The Balaban J connectivity index is 1.43. The highest BCUT2D eigenvalue weighted by Gasteiger charge is 2.22. The van der Waals surface area contributed by atoms with Crippen molar-refractivity contribution in [3.8, 4) is 0 Å². The number of rotatable bonds is 6. The molecule has 2 N–H and O–H groups in total. The molecule has 4 heteroatoms. The van der Waals surface area contributed by atoms with Gasteiger partial charge in [-0.1, -0.05) is 26.0 Å². The van der Waals surface area contributed by atoms with Gasteiger partial charge in [0.1, 0.15) is 0 Å². The van der Waals surface area contributed by atoms with Crippen molar-refractivity contribution < 1.29 is 4.79 Å². The number of hydrogen-bond donors (Lipinski definition) is 2. The van der Waals surface area contributed by atoms with E-state index >= 15 is 0 Å². The van der Waals surface area contributed by atoms with Crippen LogP contribution in [0.2, 0.25) is 0 Å². The summed E-state index contributed by atoms with van der Waals surface area (Å²) in [4.78, 5) is 14.9. The number of amides is 1. The van der Waals surface area contributed by atoms with E-state index in [1.54, 1.807) is 0 Å². The van der Waals surface area contributed by atoms with Crippen LogP contribution in [-0.4, -0.2) is 37.0 Å². The number of carbonyl (C=O) groups excluding carboxylic acids is 1. The average Bonchev–Trinajstić information content (AvgIpc) is 2.66. The molecule has 2 aliphatic rings. The van der Waals surface area contributed by atoms with Gasteiger partial charge in [0.15, 0.2) is 0 Å². The molecule has 2 fully saturated rings. The zero-order valence-electron chi connectivity index (χ0n) is 16.5. The van der Waals surface area contributed by atoms with E-state index in [1.807, 2.05) is 0 Å². The molecule has 0 aromatic heterocycles. The number of nitrogens with zero attached hydrogens (tertiary/aromatic N) is 1. The molecule has 2 aliphatic heterocycles. The van der Waals surface area contributed by atoms with E-state index in [2.05, 4.69) is 53.6 Å². The standard InChI is InChI=1S/C22H35N3O/c1-17-9-13-25(14-10-17)16-19-3-5-21(6-4-19)24-22(26)15-18(2)20-7-11-23-12-8-20/h3-6,17-18,20,23H,7-16H2,1-2H3,(H,24,26). The van der Waals surface area contributed by atoms with Crippen LogP contribution >= 0.6 is 0 Å². The minimum Gasteiger partial charge on any atom is -0.326 e. The summed E-state index contributed by atoms with van der Waals surface area (Å²) in [5.74, 6) is 2.15. The molecule has 4 nitrogen and oxygen atoms in total. The number of benzene rings is 1. The second kappa shape index (κ2) is 9.52. The van der Waals surface area contributed by atoms with Crippen LogP contribution in [0.5, 0.6) is 0 Å². The summed E-state index contributed by atoms with van der Waals surface area (Å²) in [6.07, 6.45) is 5.63. The van der Waals surface area contributed by atoms with E-state index < -0.39 is 0 Å². The van der Waals surface area contributed by atoms with Gasteiger partial charge in [-0.25, -0.2) is 0 Å². The largest absolute Gasteiger partial charge is 0.326 e. The van der Waals surface area contributed by atoms with Gasteiger partial charge in [-0.2, -0.15) is 0 Å². The van der Waals surface area contributed by atoms with Crippen molar-refractivity contribution in [2.45, 2.75) is 52.5 Å². The highest BCUT2D eigenvalue weighted by atomic mass is 16.1. The van der Waals surface area contributed by atoms with Crippen LogP contribution < -0.4 is 10.6 Å². The molecular formula is C22H35N3O. The number of hydrogen-bond acceptors (Lipinski definition) is 3. The summed E-state index contributed by atoms with van der Waals surface area (Å²) in [7, 11) is 0. The van der Waals surface area contributed by atoms with Crippen molar-refractivity contribution in [2.75, 3.05) is 31.5 Å². The predicted molar refractivity (Wildman–Crippen MR) is 108 cm³/mol. The Bertz CT molecular complexity index is 557. The maximum absolute atomic E-state index is 12.4. The Labute approximate surface area is 158 Å². The Morgan fingerprint density at radius 1 is 1.15 bits per heavy atom. The smallest absolute Gasteiger partial charge is 0.224 e. The van der Waals surface area contributed by atoms with Gasteiger partial charge in [0.2, 0.25) is 5.91 Å². The van der Waals surface area contributed by atoms with Gasteiger partial charge in [0, 0.05) is 18.7 Å². The highest BCUT2D eigenvalue weighted by molar-refractivity contribution is 5.90. The second-order valence-electron chi connectivity index (χ2n) is 8.47. The number of piperidine rings is 2. The molecule has 0 spiro atoms. The number of likely N-dealkylation sites (tertiary alicyclic amines) is 1. The van der Waals surface area contributed by atoms with Crippen molar-refractivity contribution in [1.82, 2.24) is 10.2 Å². The molecule has 2 saturated heterocycles. The van der Waals surface area contributed by atoms with E-state index in [0.717, 1.165) is 31.2 Å². The minimum atomic E-state index is 0.147. The molecule has 26 heavy (non-hydrogen) atoms. The zero-order chi connectivity index (χ0) is 18.4. The van der Waals surface area contributed by atoms with Gasteiger partial charge < -0.3 is 10.6 Å². The lowest BCUT2D eigenvalue weighted by Crippen LogP contribution is -2.32. The van der Waals surface area contributed by atoms with Crippen molar-refractivity contribution in [3.63, 3.8) is 0 Å². The molecule has 144 valence electrons. The molecule has 0 saturated carbocycles. The van der Waals surface area contributed by atoms with Gasteiger partial charge in [-0.15, -0.1) is 0 Å². The first kappa shape index (κ1) is 19.4. The van der Waals surface area contributed by atoms with E-state index in [9.17, 15) is 4.79 Å². The fourth-order valence-electron chi connectivity index (χ4n) is 4.26. The maximum atomic E-state index is 12.4. The number of carbonyl (C=O) groups is 1. The van der Waals surface area contributed by atoms with Gasteiger partial charge >= 0.3 is 0 Å². The van der Waals surface area contributed by atoms with Gasteiger partial charge in [0.05, 0.1) is 0 Å². The summed E-state index contributed by atoms with van der Waals surface area (Å²) >= 11 is 0. The first-order valence-electron chi connectivity index (χ1n) is 10.4. The molecule has 0 aliphatic carbocycles. The first-order chi connectivity index (χ1) is 12.6. The van der Waals surface area contributed by atoms with E-state index in [4.69, 9.17) is 0 Å². The second-order valence-corrected chi connectivity index (χ2v) is 8.47. The molecule has 1 atom stereocenters. The molecule has 2 heterocycles. The Morgan fingerprint density at radius 3 is 2.46 bits per heavy atom. The fraction of sp³-hybridized carbons (Fsp3) is 0.682. The Kier molecular flexibility index (Phi) is 7.09. The van der Waals surface area contributed by atoms with Crippen molar-refractivity contribution in [1.29, 1.82) is 0 Å². The third-order valence-corrected chi connectivity index (χ3v) is 6.22. The maximum Gasteiger partial charge on any atom is 0.224 e. The van der Waals surface area contributed by atoms with Crippen LogP contribution in [0.25, 0.3) is 0 Å². The normalized spacial score (nSPS) is 21.5. The summed E-state index contributed by atoms with van der Waals surface area (Å²) < 4.78 is 0. The molecular weight excluding hydrogens is 322 g/mol. The fourth-order valence-corrected chi connectivity index (χ4v) is 4.26. The quantitative estimate of drug-likeness (QED) is 0.812. The van der Waals surface area contributed by atoms with E-state index in [0.29, 0.717) is 18.3 Å². The van der Waals surface area contributed by atoms with Gasteiger partial charge in [0.25, 0.3) is 0 Å². The first-order valence-corrected chi connectivity index (χ1v) is 10.4. The van der Waals surface area contributed by atoms with Crippen molar-refractivity contribution >= 4 is 11.6 Å². The van der Waals surface area contributed by atoms with Crippen molar-refractivity contribution in [3.05, 3.63) is 29.8 Å². The number of nitrogens with one attached hydrogen (secondary N) is 2. The molecule has 1 aromatic rings. The monoisotopic (exact) mass is 357 g/mol. The van der Waals surface area contributed by atoms with Crippen LogP contribution in [0, 0.1) is 17.8 Å². The lowest BCUT2D eigenvalue weighted by Gasteiger charge is -2.30. The summed E-state index contributed by atoms with van der Waals surface area (Å²) in [5.41, 5.74) is 2.25.